The fraction of sp³-hybridized carbons (Fsp3) is 0.778. The van der Waals surface area contributed by atoms with Gasteiger partial charge in [0.1, 0.15) is 5.92 Å². The smallest absolute Gasteiger partial charge is 0.407 e. The average molecular weight is 231 g/mol. The van der Waals surface area contributed by atoms with E-state index in [0.29, 0.717) is 13.2 Å². The Bertz CT molecular complexity index is 311. The standard InChI is InChI=1S/C9H13NO6/c11-7(12)6-1-2-10(8(13)14)5-9(6)15-3-4-16-9/h6H,1-5H2,(H,11,12)(H,13,14). The Hall–Kier alpha value is -1.34. The van der Waals surface area contributed by atoms with Gasteiger partial charge in [0.05, 0.1) is 19.8 Å². The molecular formula is C9H13NO6. The van der Waals surface area contributed by atoms with E-state index in [1.807, 2.05) is 0 Å². The van der Waals surface area contributed by atoms with Crippen LogP contribution >= 0.6 is 0 Å². The molecule has 2 heterocycles. The van der Waals surface area contributed by atoms with E-state index in [1.165, 1.54) is 0 Å². The van der Waals surface area contributed by atoms with Crippen LogP contribution in [-0.2, 0) is 14.3 Å². The number of hydrogen-bond donors (Lipinski definition) is 2. The van der Waals surface area contributed by atoms with Gasteiger partial charge in [0.2, 0.25) is 0 Å². The van der Waals surface area contributed by atoms with Gasteiger partial charge >= 0.3 is 12.1 Å². The minimum atomic E-state index is -1.29. The number of rotatable bonds is 1. The summed E-state index contributed by atoms with van der Waals surface area (Å²) < 4.78 is 10.7. The molecule has 0 saturated carbocycles. The third kappa shape index (κ3) is 1.72. The molecule has 0 aliphatic carbocycles. The van der Waals surface area contributed by atoms with Crippen molar-refractivity contribution in [2.24, 2.45) is 5.92 Å². The summed E-state index contributed by atoms with van der Waals surface area (Å²) in [7, 11) is 0. The van der Waals surface area contributed by atoms with Gasteiger partial charge in [-0.05, 0) is 6.42 Å². The van der Waals surface area contributed by atoms with Crippen LogP contribution in [0.25, 0.3) is 0 Å². The summed E-state index contributed by atoms with van der Waals surface area (Å²) in [6, 6.07) is 0. The second-order valence-corrected chi connectivity index (χ2v) is 3.89. The van der Waals surface area contributed by atoms with Gasteiger partial charge in [0.15, 0.2) is 5.79 Å². The molecule has 16 heavy (non-hydrogen) atoms. The molecule has 7 nitrogen and oxygen atoms in total. The van der Waals surface area contributed by atoms with Gasteiger partial charge < -0.3 is 24.6 Å². The molecule has 2 saturated heterocycles. The highest BCUT2D eigenvalue weighted by atomic mass is 16.7. The molecule has 0 bridgehead atoms. The lowest BCUT2D eigenvalue weighted by atomic mass is 9.90. The van der Waals surface area contributed by atoms with Gasteiger partial charge in [-0.25, -0.2) is 4.79 Å². The molecule has 1 atom stereocenters. The molecule has 0 aromatic carbocycles. The van der Waals surface area contributed by atoms with E-state index in [4.69, 9.17) is 19.7 Å². The second-order valence-electron chi connectivity index (χ2n) is 3.89. The van der Waals surface area contributed by atoms with Crippen molar-refractivity contribution in [1.82, 2.24) is 4.90 Å². The molecule has 0 aromatic heterocycles. The van der Waals surface area contributed by atoms with Crippen molar-refractivity contribution in [3.8, 4) is 0 Å². The highest BCUT2D eigenvalue weighted by molar-refractivity contribution is 5.72. The molecule has 0 radical (unpaired) electrons. The first kappa shape index (κ1) is 11.2. The number of aliphatic carboxylic acids is 1. The fourth-order valence-electron chi connectivity index (χ4n) is 2.20. The van der Waals surface area contributed by atoms with Crippen molar-refractivity contribution in [2.75, 3.05) is 26.3 Å². The molecule has 2 rings (SSSR count). The van der Waals surface area contributed by atoms with E-state index in [9.17, 15) is 9.59 Å². The first-order chi connectivity index (χ1) is 7.55. The predicted molar refractivity (Wildman–Crippen MR) is 50.0 cm³/mol. The largest absolute Gasteiger partial charge is 0.481 e. The van der Waals surface area contributed by atoms with Crippen LogP contribution in [0.5, 0.6) is 0 Å². The predicted octanol–water partition coefficient (Wildman–Crippen LogP) is -0.186. The summed E-state index contributed by atoms with van der Waals surface area (Å²) in [5.74, 6) is -3.10. The van der Waals surface area contributed by atoms with E-state index in [0.717, 1.165) is 4.90 Å². The van der Waals surface area contributed by atoms with E-state index < -0.39 is 23.8 Å². The van der Waals surface area contributed by atoms with Gasteiger partial charge in [-0.1, -0.05) is 0 Å². The van der Waals surface area contributed by atoms with Crippen molar-refractivity contribution < 1.29 is 29.3 Å². The van der Waals surface area contributed by atoms with Gasteiger partial charge in [0.25, 0.3) is 0 Å². The third-order valence-electron chi connectivity index (χ3n) is 2.97. The highest BCUT2D eigenvalue weighted by Crippen LogP contribution is 2.35. The zero-order chi connectivity index (χ0) is 11.8. The lowest BCUT2D eigenvalue weighted by molar-refractivity contribution is -0.224. The zero-order valence-corrected chi connectivity index (χ0v) is 8.59. The zero-order valence-electron chi connectivity index (χ0n) is 8.59. The number of carbonyl (C=O) groups is 2. The number of piperidine rings is 1. The Labute approximate surface area is 91.5 Å². The fourth-order valence-corrected chi connectivity index (χ4v) is 2.20. The highest BCUT2D eigenvalue weighted by Gasteiger charge is 2.52. The van der Waals surface area contributed by atoms with Crippen LogP contribution < -0.4 is 0 Å². The summed E-state index contributed by atoms with van der Waals surface area (Å²) in [6.45, 7) is 0.758. The van der Waals surface area contributed by atoms with Gasteiger partial charge in [-0.15, -0.1) is 0 Å². The minimum absolute atomic E-state index is 0.0424. The minimum Gasteiger partial charge on any atom is -0.481 e. The monoisotopic (exact) mass is 231 g/mol. The van der Waals surface area contributed by atoms with Crippen LogP contribution in [0, 0.1) is 5.92 Å². The van der Waals surface area contributed by atoms with E-state index in [1.54, 1.807) is 0 Å². The maximum Gasteiger partial charge on any atom is 0.407 e. The van der Waals surface area contributed by atoms with Crippen molar-refractivity contribution in [3.05, 3.63) is 0 Å². The summed E-state index contributed by atoms with van der Waals surface area (Å²) in [6.07, 6.45) is -0.871. The second kappa shape index (κ2) is 3.91. The molecule has 1 spiro atoms. The molecule has 0 aromatic rings. The molecule has 2 N–H and O–H groups in total. The summed E-state index contributed by atoms with van der Waals surface area (Å²) in [5.41, 5.74) is 0. The molecule has 2 fully saturated rings. The Kier molecular flexibility index (Phi) is 2.73. The number of amides is 1. The van der Waals surface area contributed by atoms with Crippen LogP contribution in [0.1, 0.15) is 6.42 Å². The number of carboxylic acids is 1. The maximum absolute atomic E-state index is 11.1. The third-order valence-corrected chi connectivity index (χ3v) is 2.97. The van der Waals surface area contributed by atoms with Crippen LogP contribution in [0.2, 0.25) is 0 Å². The molecule has 1 amide bonds. The summed E-state index contributed by atoms with van der Waals surface area (Å²) in [5, 5.41) is 17.9. The quantitative estimate of drug-likeness (QED) is 0.649. The molecule has 1 unspecified atom stereocenters. The van der Waals surface area contributed by atoms with E-state index in [-0.39, 0.29) is 19.5 Å². The topological polar surface area (TPSA) is 96.3 Å². The molecule has 90 valence electrons. The maximum atomic E-state index is 11.1. The Morgan fingerprint density at radius 1 is 1.25 bits per heavy atom. The van der Waals surface area contributed by atoms with Crippen molar-refractivity contribution in [2.45, 2.75) is 12.2 Å². The number of likely N-dealkylation sites (tertiary alicyclic amines) is 1. The lowest BCUT2D eigenvalue weighted by Gasteiger charge is -2.41. The van der Waals surface area contributed by atoms with E-state index >= 15 is 0 Å². The van der Waals surface area contributed by atoms with Gasteiger partial charge in [-0.2, -0.15) is 0 Å². The van der Waals surface area contributed by atoms with Crippen molar-refractivity contribution in [1.29, 1.82) is 0 Å². The van der Waals surface area contributed by atoms with Crippen molar-refractivity contribution in [3.63, 3.8) is 0 Å². The van der Waals surface area contributed by atoms with Crippen LogP contribution in [0.4, 0.5) is 4.79 Å². The van der Waals surface area contributed by atoms with Crippen molar-refractivity contribution >= 4 is 12.1 Å². The molecule has 2 aliphatic heterocycles. The Balaban J connectivity index is 2.19. The normalized spacial score (nSPS) is 28.2. The molecular weight excluding hydrogens is 218 g/mol. The first-order valence-corrected chi connectivity index (χ1v) is 5.04. The van der Waals surface area contributed by atoms with E-state index in [2.05, 4.69) is 0 Å². The van der Waals surface area contributed by atoms with Crippen LogP contribution in [0.15, 0.2) is 0 Å². The Morgan fingerprint density at radius 3 is 2.38 bits per heavy atom. The Morgan fingerprint density at radius 2 is 1.88 bits per heavy atom. The summed E-state index contributed by atoms with van der Waals surface area (Å²) >= 11 is 0. The number of hydrogen-bond acceptors (Lipinski definition) is 4. The average Bonchev–Trinajstić information content (AvgIpc) is 2.66. The number of ether oxygens (including phenoxy) is 2. The van der Waals surface area contributed by atoms with Gasteiger partial charge in [0, 0.05) is 6.54 Å². The van der Waals surface area contributed by atoms with Crippen LogP contribution in [0.3, 0.4) is 0 Å². The number of carboxylic acid groups (broad SMARTS) is 2. The summed E-state index contributed by atoms with van der Waals surface area (Å²) in [4.78, 5) is 23.0. The first-order valence-electron chi connectivity index (χ1n) is 5.04. The van der Waals surface area contributed by atoms with Gasteiger partial charge in [-0.3, -0.25) is 4.79 Å². The SMILES string of the molecule is O=C(O)C1CCN(C(=O)O)CC12OCCO2. The van der Waals surface area contributed by atoms with Crippen LogP contribution in [-0.4, -0.2) is 59.3 Å². The lowest BCUT2D eigenvalue weighted by Crippen LogP contribution is -2.58. The number of nitrogens with zero attached hydrogens (tertiary/aromatic N) is 1. The molecule has 2 aliphatic rings. The molecule has 7 heteroatoms.